The van der Waals surface area contributed by atoms with Crippen LogP contribution in [0.4, 0.5) is 4.79 Å². The first-order valence-corrected chi connectivity index (χ1v) is 9.57. The molecular weight excluding hydrogens is 382 g/mol. The van der Waals surface area contributed by atoms with Crippen molar-refractivity contribution >= 4 is 29.2 Å². The van der Waals surface area contributed by atoms with Crippen LogP contribution < -0.4 is 15.4 Å². The summed E-state index contributed by atoms with van der Waals surface area (Å²) in [6.45, 7) is 3.79. The number of rotatable bonds is 8. The standard InChI is InChI=1S/C19H23N3O5S/c1-12(2)9-20-19(25)22-16(23)10-27-17(24)8-14-11-28-18(21-14)13-4-6-15(26-3)7-5-13/h4-7,11-12H,8-10H2,1-3H3,(H2,20,22,23,25). The maximum Gasteiger partial charge on any atom is 0.321 e. The zero-order chi connectivity index (χ0) is 20.5. The number of nitrogens with one attached hydrogen (secondary N) is 2. The van der Waals surface area contributed by atoms with Crippen molar-refractivity contribution in [3.05, 3.63) is 35.3 Å². The van der Waals surface area contributed by atoms with Crippen molar-refractivity contribution in [1.29, 1.82) is 0 Å². The summed E-state index contributed by atoms with van der Waals surface area (Å²) in [6.07, 6.45) is -0.0561. The van der Waals surface area contributed by atoms with Gasteiger partial charge >= 0.3 is 12.0 Å². The molecule has 0 aliphatic carbocycles. The fraction of sp³-hybridized carbons (Fsp3) is 0.368. The summed E-state index contributed by atoms with van der Waals surface area (Å²) in [5, 5.41) is 7.17. The van der Waals surface area contributed by atoms with Crippen molar-refractivity contribution in [3.63, 3.8) is 0 Å². The Labute approximate surface area is 167 Å². The van der Waals surface area contributed by atoms with Gasteiger partial charge in [0, 0.05) is 17.5 Å². The van der Waals surface area contributed by atoms with E-state index in [1.165, 1.54) is 11.3 Å². The van der Waals surface area contributed by atoms with Crippen LogP contribution in [0.2, 0.25) is 0 Å². The van der Waals surface area contributed by atoms with Gasteiger partial charge in [0.15, 0.2) is 6.61 Å². The molecule has 1 aromatic heterocycles. The van der Waals surface area contributed by atoms with Gasteiger partial charge in [0.05, 0.1) is 19.2 Å². The van der Waals surface area contributed by atoms with E-state index in [0.717, 1.165) is 16.3 Å². The minimum Gasteiger partial charge on any atom is -0.497 e. The Hall–Kier alpha value is -2.94. The minimum atomic E-state index is -0.688. The van der Waals surface area contributed by atoms with E-state index in [-0.39, 0.29) is 12.3 Å². The second-order valence-corrected chi connectivity index (χ2v) is 7.22. The lowest BCUT2D eigenvalue weighted by Crippen LogP contribution is -2.42. The highest BCUT2D eigenvalue weighted by atomic mass is 32.1. The van der Waals surface area contributed by atoms with Crippen LogP contribution in [0.25, 0.3) is 10.6 Å². The quantitative estimate of drug-likeness (QED) is 0.653. The summed E-state index contributed by atoms with van der Waals surface area (Å²) in [6, 6.07) is 6.82. The molecule has 0 aliphatic heterocycles. The number of carbonyl (C=O) groups excluding carboxylic acids is 3. The Morgan fingerprint density at radius 3 is 2.54 bits per heavy atom. The molecule has 8 nitrogen and oxygen atoms in total. The second-order valence-electron chi connectivity index (χ2n) is 6.36. The largest absolute Gasteiger partial charge is 0.497 e. The summed E-state index contributed by atoms with van der Waals surface area (Å²) in [4.78, 5) is 39.4. The fourth-order valence-corrected chi connectivity index (χ4v) is 2.93. The molecule has 0 aliphatic rings. The number of hydrogen-bond acceptors (Lipinski definition) is 7. The van der Waals surface area contributed by atoms with Gasteiger partial charge in [-0.15, -0.1) is 11.3 Å². The van der Waals surface area contributed by atoms with Gasteiger partial charge < -0.3 is 14.8 Å². The van der Waals surface area contributed by atoms with E-state index in [1.54, 1.807) is 12.5 Å². The Morgan fingerprint density at radius 2 is 1.89 bits per heavy atom. The summed E-state index contributed by atoms with van der Waals surface area (Å²) < 4.78 is 10.0. The normalized spacial score (nSPS) is 10.4. The highest BCUT2D eigenvalue weighted by molar-refractivity contribution is 7.13. The number of thiazole rings is 1. The lowest BCUT2D eigenvalue weighted by atomic mass is 10.2. The fourth-order valence-electron chi connectivity index (χ4n) is 2.10. The molecule has 0 bridgehead atoms. The van der Waals surface area contributed by atoms with E-state index in [9.17, 15) is 14.4 Å². The number of esters is 1. The Morgan fingerprint density at radius 1 is 1.18 bits per heavy atom. The van der Waals surface area contributed by atoms with Gasteiger partial charge in [-0.3, -0.25) is 14.9 Å². The zero-order valence-electron chi connectivity index (χ0n) is 16.0. The third kappa shape index (κ3) is 6.99. The van der Waals surface area contributed by atoms with Gasteiger partial charge in [-0.1, -0.05) is 13.8 Å². The number of amides is 3. The third-order valence-corrected chi connectivity index (χ3v) is 4.44. The molecule has 0 spiro atoms. The van der Waals surface area contributed by atoms with Crippen LogP contribution in [0, 0.1) is 5.92 Å². The molecule has 1 aromatic carbocycles. The molecule has 3 amide bonds. The predicted octanol–water partition coefficient (Wildman–Crippen LogP) is 2.39. The number of nitrogens with zero attached hydrogens (tertiary/aromatic N) is 1. The van der Waals surface area contributed by atoms with Crippen molar-refractivity contribution in [1.82, 2.24) is 15.6 Å². The molecule has 0 radical (unpaired) electrons. The predicted molar refractivity (Wildman–Crippen MR) is 105 cm³/mol. The molecule has 2 N–H and O–H groups in total. The molecule has 150 valence electrons. The molecule has 0 fully saturated rings. The van der Waals surface area contributed by atoms with Crippen LogP contribution in [0.3, 0.4) is 0 Å². The maximum atomic E-state index is 11.9. The van der Waals surface area contributed by atoms with E-state index in [0.29, 0.717) is 12.2 Å². The molecule has 28 heavy (non-hydrogen) atoms. The number of benzene rings is 1. The number of methoxy groups -OCH3 is 1. The van der Waals surface area contributed by atoms with E-state index in [1.807, 2.05) is 38.1 Å². The molecule has 2 rings (SSSR count). The lowest BCUT2D eigenvalue weighted by molar-refractivity contribution is -0.147. The molecule has 0 saturated heterocycles. The van der Waals surface area contributed by atoms with E-state index in [4.69, 9.17) is 9.47 Å². The van der Waals surface area contributed by atoms with Gasteiger partial charge in [0.2, 0.25) is 0 Å². The van der Waals surface area contributed by atoms with Crippen molar-refractivity contribution in [3.8, 4) is 16.3 Å². The van der Waals surface area contributed by atoms with Crippen molar-refractivity contribution in [2.75, 3.05) is 20.3 Å². The van der Waals surface area contributed by atoms with Crippen LogP contribution in [0.1, 0.15) is 19.5 Å². The highest BCUT2D eigenvalue weighted by Gasteiger charge is 2.13. The first-order chi connectivity index (χ1) is 13.4. The molecule has 0 unspecified atom stereocenters. The first-order valence-electron chi connectivity index (χ1n) is 8.69. The topological polar surface area (TPSA) is 107 Å². The third-order valence-electron chi connectivity index (χ3n) is 3.50. The van der Waals surface area contributed by atoms with Crippen LogP contribution in [0.5, 0.6) is 5.75 Å². The van der Waals surface area contributed by atoms with Crippen molar-refractivity contribution in [2.24, 2.45) is 5.92 Å². The van der Waals surface area contributed by atoms with Gasteiger partial charge in [0.25, 0.3) is 5.91 Å². The molecule has 0 saturated carbocycles. The molecule has 9 heteroatoms. The Balaban J connectivity index is 1.78. The van der Waals surface area contributed by atoms with Gasteiger partial charge in [0.1, 0.15) is 10.8 Å². The van der Waals surface area contributed by atoms with Crippen LogP contribution in [-0.4, -0.2) is 43.2 Å². The molecule has 1 heterocycles. The number of ether oxygens (including phenoxy) is 2. The number of aromatic nitrogens is 1. The molecular formula is C19H23N3O5S. The second kappa shape index (κ2) is 10.4. The highest BCUT2D eigenvalue weighted by Crippen LogP contribution is 2.25. The zero-order valence-corrected chi connectivity index (χ0v) is 16.8. The van der Waals surface area contributed by atoms with Crippen LogP contribution >= 0.6 is 11.3 Å². The average Bonchev–Trinajstić information content (AvgIpc) is 3.13. The van der Waals surface area contributed by atoms with Crippen LogP contribution in [-0.2, 0) is 20.7 Å². The Bertz CT molecular complexity index is 817. The lowest BCUT2D eigenvalue weighted by Gasteiger charge is -2.08. The summed E-state index contributed by atoms with van der Waals surface area (Å²) in [7, 11) is 1.60. The summed E-state index contributed by atoms with van der Waals surface area (Å²) in [5.74, 6) is -0.268. The number of urea groups is 1. The SMILES string of the molecule is COc1ccc(-c2nc(CC(=O)OCC(=O)NC(=O)NCC(C)C)cs2)cc1. The maximum absolute atomic E-state index is 11.9. The van der Waals surface area contributed by atoms with Crippen LogP contribution in [0.15, 0.2) is 29.6 Å². The van der Waals surface area contributed by atoms with Gasteiger partial charge in [-0.2, -0.15) is 0 Å². The van der Waals surface area contributed by atoms with Gasteiger partial charge in [-0.05, 0) is 30.2 Å². The number of carbonyl (C=O) groups is 3. The van der Waals surface area contributed by atoms with Crippen molar-refractivity contribution in [2.45, 2.75) is 20.3 Å². The molecule has 2 aromatic rings. The number of hydrogen-bond donors (Lipinski definition) is 2. The van der Waals surface area contributed by atoms with E-state index < -0.39 is 24.5 Å². The molecule has 0 atom stereocenters. The first kappa shape index (κ1) is 21.4. The monoisotopic (exact) mass is 405 g/mol. The smallest absolute Gasteiger partial charge is 0.321 e. The van der Waals surface area contributed by atoms with Gasteiger partial charge in [-0.25, -0.2) is 9.78 Å². The summed E-state index contributed by atoms with van der Waals surface area (Å²) in [5.41, 5.74) is 1.47. The minimum absolute atomic E-state index is 0.0561. The average molecular weight is 405 g/mol. The van der Waals surface area contributed by atoms with E-state index in [2.05, 4.69) is 15.6 Å². The van der Waals surface area contributed by atoms with E-state index >= 15 is 0 Å². The Kier molecular flexibility index (Phi) is 7.94. The van der Waals surface area contributed by atoms with Crippen molar-refractivity contribution < 1.29 is 23.9 Å². The number of imide groups is 1. The summed E-state index contributed by atoms with van der Waals surface area (Å²) >= 11 is 1.41.